The Balaban J connectivity index is 2.28. The van der Waals surface area contributed by atoms with E-state index < -0.39 is 0 Å². The summed E-state index contributed by atoms with van der Waals surface area (Å²) in [5.41, 5.74) is 0.916. The Hall–Kier alpha value is -1.40. The van der Waals surface area contributed by atoms with Gasteiger partial charge in [-0.1, -0.05) is 12.1 Å². The van der Waals surface area contributed by atoms with E-state index in [1.165, 1.54) is 12.1 Å². The van der Waals surface area contributed by atoms with Crippen LogP contribution in [0.4, 0.5) is 4.39 Å². The van der Waals surface area contributed by atoms with Crippen LogP contribution in [0, 0.1) is 29.0 Å². The molecule has 2 nitrogen and oxygen atoms in total. The van der Waals surface area contributed by atoms with Crippen molar-refractivity contribution >= 4 is 0 Å². The van der Waals surface area contributed by atoms with Crippen LogP contribution in [0.5, 0.6) is 0 Å². The van der Waals surface area contributed by atoms with Gasteiger partial charge in [-0.25, -0.2) is 4.39 Å². The van der Waals surface area contributed by atoms with Gasteiger partial charge in [0.1, 0.15) is 5.82 Å². The molecule has 1 aromatic carbocycles. The highest BCUT2D eigenvalue weighted by molar-refractivity contribution is 5.24. The second-order valence-corrected chi connectivity index (χ2v) is 6.36. The molecular formula is C17H22FNO. The Kier molecular flexibility index (Phi) is 4.45. The molecule has 3 heteroatoms. The molecule has 0 amide bonds. The average molecular weight is 275 g/mol. The van der Waals surface area contributed by atoms with Crippen LogP contribution in [0.3, 0.4) is 0 Å². The van der Waals surface area contributed by atoms with Crippen molar-refractivity contribution in [3.05, 3.63) is 35.6 Å². The van der Waals surface area contributed by atoms with E-state index in [-0.39, 0.29) is 23.3 Å². The van der Waals surface area contributed by atoms with Crippen molar-refractivity contribution in [2.45, 2.75) is 45.1 Å². The van der Waals surface area contributed by atoms with Crippen molar-refractivity contribution in [2.24, 2.45) is 11.8 Å². The zero-order chi connectivity index (χ0) is 14.8. The molecular weight excluding hydrogens is 253 g/mol. The fraction of sp³-hybridized carbons (Fsp3) is 0.588. The topological polar surface area (TPSA) is 33.0 Å². The first-order valence-electron chi connectivity index (χ1n) is 7.22. The molecule has 20 heavy (non-hydrogen) atoms. The van der Waals surface area contributed by atoms with Crippen LogP contribution in [0.15, 0.2) is 24.3 Å². The van der Waals surface area contributed by atoms with E-state index in [0.717, 1.165) is 25.0 Å². The molecule has 0 saturated carbocycles. The summed E-state index contributed by atoms with van der Waals surface area (Å²) in [7, 11) is 0. The maximum absolute atomic E-state index is 13.1. The Morgan fingerprint density at radius 1 is 1.35 bits per heavy atom. The van der Waals surface area contributed by atoms with Gasteiger partial charge >= 0.3 is 0 Å². The predicted octanol–water partition coefficient (Wildman–Crippen LogP) is 4.27. The van der Waals surface area contributed by atoms with Crippen molar-refractivity contribution in [3.63, 3.8) is 0 Å². The van der Waals surface area contributed by atoms with E-state index in [9.17, 15) is 9.65 Å². The summed E-state index contributed by atoms with van der Waals surface area (Å²) in [5, 5.41) is 9.33. The highest BCUT2D eigenvalue weighted by Gasteiger charge is 2.36. The second kappa shape index (κ2) is 5.93. The summed E-state index contributed by atoms with van der Waals surface area (Å²) in [5.74, 6) is 0.228. The van der Waals surface area contributed by atoms with Crippen LogP contribution in [-0.4, -0.2) is 12.2 Å². The number of nitriles is 1. The van der Waals surface area contributed by atoms with Gasteiger partial charge in [-0.05, 0) is 57.2 Å². The predicted molar refractivity (Wildman–Crippen MR) is 76.7 cm³/mol. The molecule has 3 atom stereocenters. The Morgan fingerprint density at radius 3 is 2.55 bits per heavy atom. The lowest BCUT2D eigenvalue weighted by molar-refractivity contribution is -0.0784. The third-order valence-corrected chi connectivity index (χ3v) is 4.24. The second-order valence-electron chi connectivity index (χ2n) is 6.36. The minimum absolute atomic E-state index is 0.0839. The van der Waals surface area contributed by atoms with E-state index in [2.05, 4.69) is 19.9 Å². The highest BCUT2D eigenvalue weighted by atomic mass is 19.1. The molecule has 0 bridgehead atoms. The van der Waals surface area contributed by atoms with Crippen LogP contribution >= 0.6 is 0 Å². The summed E-state index contributed by atoms with van der Waals surface area (Å²) in [6.45, 7) is 6.87. The van der Waals surface area contributed by atoms with Crippen molar-refractivity contribution in [1.29, 1.82) is 5.26 Å². The highest BCUT2D eigenvalue weighted by Crippen LogP contribution is 2.41. The van der Waals surface area contributed by atoms with Gasteiger partial charge in [-0.2, -0.15) is 5.26 Å². The van der Waals surface area contributed by atoms with Crippen LogP contribution in [0.25, 0.3) is 0 Å². The van der Waals surface area contributed by atoms with Gasteiger partial charge < -0.3 is 4.74 Å². The van der Waals surface area contributed by atoms with Crippen LogP contribution < -0.4 is 0 Å². The third kappa shape index (κ3) is 3.37. The number of rotatable bonds is 3. The normalized spacial score (nSPS) is 24.6. The number of benzene rings is 1. The summed E-state index contributed by atoms with van der Waals surface area (Å²) < 4.78 is 18.9. The number of hydrogen-bond donors (Lipinski definition) is 0. The van der Waals surface area contributed by atoms with E-state index in [0.29, 0.717) is 5.92 Å². The molecule has 1 aliphatic rings. The average Bonchev–Trinajstić information content (AvgIpc) is 2.40. The number of hydrogen-bond acceptors (Lipinski definition) is 2. The van der Waals surface area contributed by atoms with Crippen molar-refractivity contribution in [3.8, 4) is 6.07 Å². The molecule has 0 aliphatic carbocycles. The number of ether oxygens (including phenoxy) is 1. The first-order valence-corrected chi connectivity index (χ1v) is 7.22. The van der Waals surface area contributed by atoms with Gasteiger partial charge in [-0.3, -0.25) is 0 Å². The fourth-order valence-corrected chi connectivity index (χ4v) is 3.32. The van der Waals surface area contributed by atoms with Gasteiger partial charge in [0.2, 0.25) is 0 Å². The van der Waals surface area contributed by atoms with Gasteiger partial charge in [0.05, 0.1) is 17.6 Å². The molecule has 0 spiro atoms. The van der Waals surface area contributed by atoms with Gasteiger partial charge in [-0.15, -0.1) is 0 Å². The Morgan fingerprint density at radius 2 is 2.00 bits per heavy atom. The third-order valence-electron chi connectivity index (χ3n) is 4.24. The zero-order valence-electron chi connectivity index (χ0n) is 12.4. The number of halogens is 1. The summed E-state index contributed by atoms with van der Waals surface area (Å²) in [4.78, 5) is 0. The van der Waals surface area contributed by atoms with Crippen LogP contribution in [0.2, 0.25) is 0 Å². The molecule has 2 rings (SSSR count). The lowest BCUT2D eigenvalue weighted by Gasteiger charge is -2.40. The molecule has 0 N–H and O–H groups in total. The van der Waals surface area contributed by atoms with Crippen molar-refractivity contribution < 1.29 is 9.13 Å². The molecule has 108 valence electrons. The van der Waals surface area contributed by atoms with Crippen molar-refractivity contribution in [2.75, 3.05) is 6.61 Å². The van der Waals surface area contributed by atoms with E-state index in [4.69, 9.17) is 4.74 Å². The summed E-state index contributed by atoms with van der Waals surface area (Å²) in [6.07, 6.45) is 1.89. The minimum atomic E-state index is -0.232. The minimum Gasteiger partial charge on any atom is -0.376 e. The molecule has 0 radical (unpaired) electrons. The monoisotopic (exact) mass is 275 g/mol. The molecule has 0 aromatic heterocycles. The van der Waals surface area contributed by atoms with Gasteiger partial charge in [0.25, 0.3) is 0 Å². The molecule has 2 unspecified atom stereocenters. The summed E-state index contributed by atoms with van der Waals surface area (Å²) >= 11 is 0. The van der Waals surface area contributed by atoms with Crippen LogP contribution in [0.1, 0.15) is 45.1 Å². The fourth-order valence-electron chi connectivity index (χ4n) is 3.32. The van der Waals surface area contributed by atoms with Crippen LogP contribution in [-0.2, 0) is 4.74 Å². The quantitative estimate of drug-likeness (QED) is 0.825. The molecule has 1 fully saturated rings. The standard InChI is InChI=1S/C17H22FNO/c1-12(11-19)16(13-4-6-15(18)7-5-13)14-8-9-20-17(2,3)10-14/h4-7,12,14,16H,8-10H2,1-3H3/t12?,14-,16?/m1/s1. The van der Waals surface area contributed by atoms with E-state index in [1.807, 2.05) is 19.1 Å². The SMILES string of the molecule is CC(C#N)C(c1ccc(F)cc1)[C@@H]1CCOC(C)(C)C1. The Labute approximate surface area is 120 Å². The smallest absolute Gasteiger partial charge is 0.123 e. The molecule has 1 saturated heterocycles. The first-order chi connectivity index (χ1) is 9.43. The van der Waals surface area contributed by atoms with Gasteiger partial charge in [0, 0.05) is 12.5 Å². The maximum atomic E-state index is 13.1. The zero-order valence-corrected chi connectivity index (χ0v) is 12.4. The molecule has 1 aromatic rings. The first kappa shape index (κ1) is 15.0. The Bertz CT molecular complexity index is 489. The van der Waals surface area contributed by atoms with Crippen molar-refractivity contribution in [1.82, 2.24) is 0 Å². The lowest BCUT2D eigenvalue weighted by Crippen LogP contribution is -2.37. The van der Waals surface area contributed by atoms with E-state index >= 15 is 0 Å². The molecule has 1 aliphatic heterocycles. The van der Waals surface area contributed by atoms with E-state index in [1.54, 1.807) is 0 Å². The van der Waals surface area contributed by atoms with Gasteiger partial charge in [0.15, 0.2) is 0 Å². The largest absolute Gasteiger partial charge is 0.376 e. The maximum Gasteiger partial charge on any atom is 0.123 e. The number of nitrogens with zero attached hydrogens (tertiary/aromatic N) is 1. The lowest BCUT2D eigenvalue weighted by atomic mass is 9.71. The molecule has 1 heterocycles. The summed E-state index contributed by atoms with van der Waals surface area (Å²) in [6, 6.07) is 8.97.